The minimum atomic E-state index is -0.0730. The second-order valence-electron chi connectivity index (χ2n) is 6.73. The second-order valence-corrected chi connectivity index (χ2v) is 7.57. The van der Waals surface area contributed by atoms with Crippen molar-refractivity contribution in [2.75, 3.05) is 0 Å². The summed E-state index contributed by atoms with van der Waals surface area (Å²) in [6.07, 6.45) is 3.45. The van der Waals surface area contributed by atoms with Gasteiger partial charge in [-0.3, -0.25) is 0 Å². The van der Waals surface area contributed by atoms with Crippen molar-refractivity contribution in [1.82, 2.24) is 0 Å². The van der Waals surface area contributed by atoms with E-state index >= 15 is 0 Å². The van der Waals surface area contributed by atoms with E-state index in [0.29, 0.717) is 5.92 Å². The first-order chi connectivity index (χ1) is 11.0. The van der Waals surface area contributed by atoms with Gasteiger partial charge in [-0.15, -0.1) is 0 Å². The quantitative estimate of drug-likeness (QED) is 0.439. The molecule has 0 nitrogen and oxygen atoms in total. The average molecular weight is 442 g/mol. The molecule has 0 saturated heterocycles. The van der Waals surface area contributed by atoms with E-state index in [1.165, 1.54) is 15.0 Å². The zero-order valence-electron chi connectivity index (χ0n) is 15.3. The van der Waals surface area contributed by atoms with Crippen LogP contribution >= 0.6 is 0 Å². The van der Waals surface area contributed by atoms with E-state index in [1.807, 2.05) is 0 Å². The summed E-state index contributed by atoms with van der Waals surface area (Å²) in [5.74, 6) is 0.551. The molecule has 1 aliphatic carbocycles. The van der Waals surface area contributed by atoms with E-state index in [0.717, 1.165) is 6.42 Å². The van der Waals surface area contributed by atoms with E-state index in [9.17, 15) is 0 Å². The maximum absolute atomic E-state index is 2.40. The van der Waals surface area contributed by atoms with Gasteiger partial charge in [0.05, 0.1) is 0 Å². The molecule has 0 aromatic heterocycles. The molecule has 0 unspecified atom stereocenters. The standard InChI is InChI=1S/C22H23.3ClH.Ti/c1-17(2)20-15-10-16-21(20)22(3,18-11-6-4-7-12-18)19-13-8-5-9-14-19;;;;/h4-14,17H,16H2,1-3H3;3*1H;/q;;;;+3/p-3. The van der Waals surface area contributed by atoms with Crippen LogP contribution in [0.15, 0.2) is 81.8 Å². The molecule has 0 spiro atoms. The normalized spacial score (nSPS) is 13.5. The molecule has 0 saturated carbocycles. The Hall–Kier alpha value is -0.496. The van der Waals surface area contributed by atoms with Crippen molar-refractivity contribution < 1.29 is 57.7 Å². The Morgan fingerprint density at radius 3 is 1.62 bits per heavy atom. The predicted octanol–water partition coefficient (Wildman–Crippen LogP) is -3.21. The number of benzene rings is 2. The van der Waals surface area contributed by atoms with Gasteiger partial charge in [-0.25, -0.2) is 0 Å². The molecule has 4 heteroatoms. The number of hydrogen-bond donors (Lipinski definition) is 0. The molecular weight excluding hydrogens is 418 g/mol. The molecule has 0 bridgehead atoms. The fourth-order valence-electron chi connectivity index (χ4n) is 3.78. The van der Waals surface area contributed by atoms with E-state index < -0.39 is 0 Å². The van der Waals surface area contributed by atoms with Gasteiger partial charge in [0.1, 0.15) is 0 Å². The van der Waals surface area contributed by atoms with Gasteiger partial charge in [0.25, 0.3) is 0 Å². The van der Waals surface area contributed by atoms with Gasteiger partial charge in [-0.05, 0) is 0 Å². The maximum atomic E-state index is 2.40. The third-order valence-electron chi connectivity index (χ3n) is 5.01. The molecule has 0 radical (unpaired) electrons. The molecule has 0 fully saturated rings. The number of rotatable bonds is 4. The Kier molecular flexibility index (Phi) is 10.5. The molecule has 2 aromatic carbocycles. The Morgan fingerprint density at radius 1 is 0.808 bits per heavy atom. The maximum Gasteiger partial charge on any atom is -1.00 e. The van der Waals surface area contributed by atoms with Crippen LogP contribution in [0.2, 0.25) is 0 Å². The predicted molar refractivity (Wildman–Crippen MR) is 93.9 cm³/mol. The van der Waals surface area contributed by atoms with E-state index in [2.05, 4.69) is 108 Å². The molecule has 26 heavy (non-hydrogen) atoms. The van der Waals surface area contributed by atoms with Crippen molar-refractivity contribution in [2.45, 2.75) is 32.6 Å². The molecule has 3 rings (SSSR count). The zero-order valence-corrected chi connectivity index (χ0v) is 19.1. The average Bonchev–Trinajstić information content (AvgIpc) is 2.98. The second kappa shape index (κ2) is 10.7. The summed E-state index contributed by atoms with van der Waals surface area (Å²) < 4.78 is 1.45. The Morgan fingerprint density at radius 2 is 1.23 bits per heavy atom. The first-order valence-electron chi connectivity index (χ1n) is 8.32. The fourth-order valence-corrected chi connectivity index (χ4v) is 4.62. The minimum absolute atomic E-state index is 0. The van der Waals surface area contributed by atoms with Crippen molar-refractivity contribution in [3.63, 3.8) is 0 Å². The number of halogens is 3. The summed E-state index contributed by atoms with van der Waals surface area (Å²) in [5.41, 5.74) is 5.78. The van der Waals surface area contributed by atoms with Crippen LogP contribution in [-0.2, 0) is 25.9 Å². The molecule has 0 heterocycles. The van der Waals surface area contributed by atoms with Crippen LogP contribution in [0.1, 0.15) is 38.3 Å². The van der Waals surface area contributed by atoms with Gasteiger partial charge in [0, 0.05) is 0 Å². The van der Waals surface area contributed by atoms with E-state index in [1.54, 1.807) is 11.1 Å². The molecule has 136 valence electrons. The van der Waals surface area contributed by atoms with Gasteiger partial charge in [0.15, 0.2) is 0 Å². The first-order valence-corrected chi connectivity index (χ1v) is 9.10. The number of hydrogen-bond acceptors (Lipinski definition) is 0. The molecule has 2 aromatic rings. The summed E-state index contributed by atoms with van der Waals surface area (Å²) in [5, 5.41) is 0. The molecule has 0 atom stereocenters. The van der Waals surface area contributed by atoms with Crippen LogP contribution in [0.25, 0.3) is 0 Å². The summed E-state index contributed by atoms with van der Waals surface area (Å²) in [7, 11) is 0. The molecule has 1 aliphatic rings. The summed E-state index contributed by atoms with van der Waals surface area (Å²) in [4.78, 5) is 0. The Bertz CT molecular complexity index is 710. The smallest absolute Gasteiger partial charge is 1.00 e. The van der Waals surface area contributed by atoms with Gasteiger partial charge >= 0.3 is 152 Å². The van der Waals surface area contributed by atoms with Crippen LogP contribution in [0, 0.1) is 5.92 Å². The zero-order chi connectivity index (χ0) is 16.4. The van der Waals surface area contributed by atoms with Crippen molar-refractivity contribution in [3.8, 4) is 0 Å². The molecular formula is C22H23Cl3Ti. The van der Waals surface area contributed by atoms with Crippen LogP contribution < -0.4 is 37.2 Å². The Labute approximate surface area is 188 Å². The van der Waals surface area contributed by atoms with Gasteiger partial charge in [0.2, 0.25) is 0 Å². The van der Waals surface area contributed by atoms with E-state index in [-0.39, 0.29) is 42.6 Å². The van der Waals surface area contributed by atoms with Crippen molar-refractivity contribution in [3.05, 3.63) is 92.9 Å². The fraction of sp³-hybridized carbons (Fsp3) is 0.273. The van der Waals surface area contributed by atoms with Crippen molar-refractivity contribution in [2.24, 2.45) is 5.92 Å². The Balaban J connectivity index is 0.00000208. The molecule has 0 amide bonds. The number of allylic oxidation sites excluding steroid dienone is 4. The van der Waals surface area contributed by atoms with Crippen LogP contribution in [0.3, 0.4) is 0 Å². The third-order valence-corrected chi connectivity index (χ3v) is 5.75. The van der Waals surface area contributed by atoms with Crippen LogP contribution in [0.4, 0.5) is 0 Å². The van der Waals surface area contributed by atoms with E-state index in [4.69, 9.17) is 0 Å². The summed E-state index contributed by atoms with van der Waals surface area (Å²) in [6, 6.07) is 21.9. The third kappa shape index (κ3) is 4.67. The molecule has 0 aliphatic heterocycles. The van der Waals surface area contributed by atoms with Crippen molar-refractivity contribution in [1.29, 1.82) is 0 Å². The topological polar surface area (TPSA) is 0 Å². The van der Waals surface area contributed by atoms with Gasteiger partial charge in [-0.1, -0.05) is 0 Å². The summed E-state index contributed by atoms with van der Waals surface area (Å²) >= 11 is 2.26. The van der Waals surface area contributed by atoms with Crippen LogP contribution in [-0.4, -0.2) is 0 Å². The minimum Gasteiger partial charge on any atom is -1.00 e. The largest absolute Gasteiger partial charge is 1.00 e. The SMILES string of the molecule is CC(C)C1=C(C(C)(c2ccccc2)c2ccccc2)CC=[C]1[Ti+3].[Cl-].[Cl-].[Cl-]. The monoisotopic (exact) mass is 440 g/mol. The first kappa shape index (κ1) is 25.5. The van der Waals surface area contributed by atoms with Gasteiger partial charge in [-0.2, -0.15) is 0 Å². The molecule has 0 N–H and O–H groups in total. The van der Waals surface area contributed by atoms with Crippen LogP contribution in [0.5, 0.6) is 0 Å². The van der Waals surface area contributed by atoms with Gasteiger partial charge < -0.3 is 37.2 Å². The van der Waals surface area contributed by atoms with Crippen molar-refractivity contribution >= 4 is 0 Å². The summed E-state index contributed by atoms with van der Waals surface area (Å²) in [6.45, 7) is 7.02.